The van der Waals surface area contributed by atoms with Crippen molar-refractivity contribution >= 4 is 10.1 Å². The third-order valence-corrected chi connectivity index (χ3v) is 5.89. The molecule has 0 atom stereocenters. The van der Waals surface area contributed by atoms with Crippen molar-refractivity contribution in [1.82, 2.24) is 4.90 Å². The lowest BCUT2D eigenvalue weighted by atomic mass is 10.1. The molecule has 0 amide bonds. The van der Waals surface area contributed by atoms with E-state index in [0.717, 1.165) is 31.6 Å². The fraction of sp³-hybridized carbons (Fsp3) is 0.429. The predicted octanol–water partition coefficient (Wildman–Crippen LogP) is 5.26. The Morgan fingerprint density at radius 3 is 2.53 bits per heavy atom. The van der Waals surface area contributed by atoms with Crippen LogP contribution in [0.2, 0.25) is 0 Å². The monoisotopic (exact) mass is 443 g/mol. The zero-order valence-electron chi connectivity index (χ0n) is 16.6. The number of ether oxygens (including phenoxy) is 1. The molecule has 0 fully saturated rings. The number of rotatable bonds is 9. The van der Waals surface area contributed by atoms with Crippen molar-refractivity contribution < 1.29 is 30.5 Å². The van der Waals surface area contributed by atoms with E-state index in [0.29, 0.717) is 11.5 Å². The first kappa shape index (κ1) is 22.4. The summed E-state index contributed by atoms with van der Waals surface area (Å²) in [5, 5.41) is 0. The molecule has 1 heterocycles. The summed E-state index contributed by atoms with van der Waals surface area (Å²) < 4.78 is 71.5. The Morgan fingerprint density at radius 1 is 1.07 bits per heavy atom. The minimum Gasteiger partial charge on any atom is -0.457 e. The summed E-state index contributed by atoms with van der Waals surface area (Å²) in [6.07, 6.45) is -5.06. The fourth-order valence-corrected chi connectivity index (χ4v) is 4.36. The third-order valence-electron chi connectivity index (χ3n) is 4.66. The molecule has 0 aromatic heterocycles. The molecule has 0 saturated heterocycles. The second-order valence-electron chi connectivity index (χ2n) is 7.25. The first-order chi connectivity index (χ1) is 14.1. The van der Waals surface area contributed by atoms with E-state index in [9.17, 15) is 21.6 Å². The molecule has 0 spiro atoms. The van der Waals surface area contributed by atoms with Crippen LogP contribution in [0, 0.1) is 0 Å². The molecule has 1 aliphatic heterocycles. The lowest BCUT2D eigenvalue weighted by molar-refractivity contribution is -0.134. The maximum Gasteiger partial charge on any atom is 0.389 e. The summed E-state index contributed by atoms with van der Waals surface area (Å²) in [6, 6.07) is 11.9. The molecule has 0 aliphatic carbocycles. The van der Waals surface area contributed by atoms with Crippen molar-refractivity contribution in [3.8, 4) is 17.2 Å². The SMILES string of the molecule is CCCN1Cc2cccc(Oc3cccc(OS(=O)(=O)CCCC(F)(F)F)c3)c2C1. The van der Waals surface area contributed by atoms with Gasteiger partial charge in [-0.05, 0) is 43.1 Å². The van der Waals surface area contributed by atoms with Crippen LogP contribution >= 0.6 is 0 Å². The maximum atomic E-state index is 12.2. The van der Waals surface area contributed by atoms with Gasteiger partial charge in [-0.1, -0.05) is 25.1 Å². The zero-order chi connectivity index (χ0) is 21.8. The van der Waals surface area contributed by atoms with Crippen molar-refractivity contribution in [1.29, 1.82) is 0 Å². The third kappa shape index (κ3) is 6.37. The number of fused-ring (bicyclic) bond motifs is 1. The summed E-state index contributed by atoms with van der Waals surface area (Å²) >= 11 is 0. The summed E-state index contributed by atoms with van der Waals surface area (Å²) in [5.74, 6) is 0.369. The number of halogens is 3. The molecule has 1 aliphatic rings. The molecule has 0 radical (unpaired) electrons. The van der Waals surface area contributed by atoms with E-state index in [1.807, 2.05) is 12.1 Å². The predicted molar refractivity (Wildman–Crippen MR) is 107 cm³/mol. The normalized spacial score (nSPS) is 14.5. The highest BCUT2D eigenvalue weighted by atomic mass is 32.2. The van der Waals surface area contributed by atoms with Gasteiger partial charge >= 0.3 is 16.3 Å². The van der Waals surface area contributed by atoms with Crippen LogP contribution in [-0.2, 0) is 23.2 Å². The minimum absolute atomic E-state index is 0.000283. The largest absolute Gasteiger partial charge is 0.457 e. The molecule has 2 aromatic rings. The van der Waals surface area contributed by atoms with E-state index in [1.54, 1.807) is 12.1 Å². The Kier molecular flexibility index (Phi) is 6.92. The molecular weight excluding hydrogens is 419 g/mol. The highest BCUT2D eigenvalue weighted by Crippen LogP contribution is 2.35. The topological polar surface area (TPSA) is 55.8 Å². The number of hydrogen-bond acceptors (Lipinski definition) is 5. The van der Waals surface area contributed by atoms with Gasteiger partial charge in [-0.2, -0.15) is 21.6 Å². The quantitative estimate of drug-likeness (QED) is 0.495. The number of alkyl halides is 3. The zero-order valence-corrected chi connectivity index (χ0v) is 17.4. The second kappa shape index (κ2) is 9.26. The van der Waals surface area contributed by atoms with Crippen molar-refractivity contribution in [2.45, 2.75) is 45.5 Å². The molecule has 164 valence electrons. The molecule has 0 saturated carbocycles. The van der Waals surface area contributed by atoms with Gasteiger partial charge in [0.25, 0.3) is 0 Å². The Hall–Kier alpha value is -2.26. The maximum absolute atomic E-state index is 12.2. The Balaban J connectivity index is 1.67. The van der Waals surface area contributed by atoms with Crippen molar-refractivity contribution in [3.05, 3.63) is 53.6 Å². The first-order valence-electron chi connectivity index (χ1n) is 9.75. The average Bonchev–Trinajstić information content (AvgIpc) is 3.04. The van der Waals surface area contributed by atoms with Gasteiger partial charge in [0, 0.05) is 31.1 Å². The number of hydrogen-bond donors (Lipinski definition) is 0. The highest BCUT2D eigenvalue weighted by Gasteiger charge is 2.28. The fourth-order valence-electron chi connectivity index (χ4n) is 3.38. The van der Waals surface area contributed by atoms with E-state index < -0.39 is 34.9 Å². The number of benzene rings is 2. The van der Waals surface area contributed by atoms with E-state index in [-0.39, 0.29) is 5.75 Å². The molecule has 0 bridgehead atoms. The minimum atomic E-state index is -4.40. The Morgan fingerprint density at radius 2 is 1.80 bits per heavy atom. The molecule has 9 heteroatoms. The van der Waals surface area contributed by atoms with Crippen LogP contribution in [0.1, 0.15) is 37.3 Å². The highest BCUT2D eigenvalue weighted by molar-refractivity contribution is 7.87. The van der Waals surface area contributed by atoms with Gasteiger partial charge in [-0.3, -0.25) is 4.90 Å². The van der Waals surface area contributed by atoms with Crippen LogP contribution in [0.3, 0.4) is 0 Å². The van der Waals surface area contributed by atoms with Gasteiger partial charge in [-0.15, -0.1) is 0 Å². The van der Waals surface area contributed by atoms with Gasteiger partial charge < -0.3 is 8.92 Å². The average molecular weight is 443 g/mol. The van der Waals surface area contributed by atoms with Gasteiger partial charge in [0.15, 0.2) is 0 Å². The van der Waals surface area contributed by atoms with Crippen LogP contribution in [0.5, 0.6) is 17.2 Å². The Labute approximate surface area is 174 Å². The molecule has 5 nitrogen and oxygen atoms in total. The van der Waals surface area contributed by atoms with Gasteiger partial charge in [-0.25, -0.2) is 0 Å². The van der Waals surface area contributed by atoms with E-state index >= 15 is 0 Å². The summed E-state index contributed by atoms with van der Waals surface area (Å²) in [6.45, 7) is 4.76. The molecule has 3 rings (SSSR count). The molecular formula is C21H24F3NO4S. The second-order valence-corrected chi connectivity index (χ2v) is 8.94. The molecule has 2 aromatic carbocycles. The molecule has 30 heavy (non-hydrogen) atoms. The van der Waals surface area contributed by atoms with Gasteiger partial charge in [0.2, 0.25) is 0 Å². The van der Waals surface area contributed by atoms with Gasteiger partial charge in [0.1, 0.15) is 17.2 Å². The van der Waals surface area contributed by atoms with Gasteiger partial charge in [0.05, 0.1) is 5.75 Å². The molecule has 0 N–H and O–H groups in total. The lowest BCUT2D eigenvalue weighted by Crippen LogP contribution is -2.16. The van der Waals surface area contributed by atoms with Crippen LogP contribution in [-0.4, -0.2) is 31.8 Å². The van der Waals surface area contributed by atoms with Crippen LogP contribution in [0.25, 0.3) is 0 Å². The van der Waals surface area contributed by atoms with Crippen molar-refractivity contribution in [3.63, 3.8) is 0 Å². The van der Waals surface area contributed by atoms with E-state index in [4.69, 9.17) is 8.92 Å². The van der Waals surface area contributed by atoms with Crippen LogP contribution in [0.4, 0.5) is 13.2 Å². The summed E-state index contributed by atoms with van der Waals surface area (Å²) in [4.78, 5) is 2.32. The molecule has 0 unspecified atom stereocenters. The smallest absolute Gasteiger partial charge is 0.389 e. The number of nitrogens with zero attached hydrogens (tertiary/aromatic N) is 1. The van der Waals surface area contributed by atoms with Crippen molar-refractivity contribution in [2.24, 2.45) is 0 Å². The standard InChI is InChI=1S/C21H24F3NO4S/c1-2-11-25-14-16-6-3-9-20(19(16)15-25)28-17-7-4-8-18(13-17)29-30(26,27)12-5-10-21(22,23)24/h3-4,6-9,13H,2,5,10-12,14-15H2,1H3. The Bertz CT molecular complexity index is 976. The van der Waals surface area contributed by atoms with Crippen LogP contribution in [0.15, 0.2) is 42.5 Å². The lowest BCUT2D eigenvalue weighted by Gasteiger charge is -2.13. The first-order valence-corrected chi connectivity index (χ1v) is 11.3. The summed E-state index contributed by atoms with van der Waals surface area (Å²) in [7, 11) is -4.13. The van der Waals surface area contributed by atoms with Crippen LogP contribution < -0.4 is 8.92 Å². The summed E-state index contributed by atoms with van der Waals surface area (Å²) in [5.41, 5.74) is 2.29. The van der Waals surface area contributed by atoms with Crippen molar-refractivity contribution in [2.75, 3.05) is 12.3 Å². The van der Waals surface area contributed by atoms with E-state index in [1.165, 1.54) is 17.7 Å². The van der Waals surface area contributed by atoms with E-state index in [2.05, 4.69) is 17.9 Å².